The van der Waals surface area contributed by atoms with Gasteiger partial charge in [-0.15, -0.1) is 0 Å². The molecule has 1 saturated heterocycles. The lowest BCUT2D eigenvalue weighted by Gasteiger charge is -2.34. The maximum absolute atomic E-state index is 12.6. The molecule has 3 heterocycles. The number of nitrogens with one attached hydrogen (secondary N) is 2. The molecule has 1 fully saturated rings. The van der Waals surface area contributed by atoms with Gasteiger partial charge in [0.25, 0.3) is 0 Å². The number of carbonyl (C=O) groups excluding carboxylic acids is 1. The number of H-pyrrole nitrogens is 1. The average molecular weight is 345 g/mol. The molecule has 0 bridgehead atoms. The van der Waals surface area contributed by atoms with E-state index in [1.165, 1.54) is 0 Å². The fraction of sp³-hybridized carbons (Fsp3) is 0.462. The molecular formula is C13H14F3N5OS. The summed E-state index contributed by atoms with van der Waals surface area (Å²) in [6.45, 7) is 0.541. The van der Waals surface area contributed by atoms with Crippen molar-refractivity contribution in [2.24, 2.45) is 0 Å². The first-order chi connectivity index (χ1) is 10.9. The third-order valence-electron chi connectivity index (χ3n) is 3.67. The van der Waals surface area contributed by atoms with Gasteiger partial charge in [0.15, 0.2) is 5.13 Å². The van der Waals surface area contributed by atoms with Crippen LogP contribution in [0.5, 0.6) is 0 Å². The zero-order chi connectivity index (χ0) is 16.4. The van der Waals surface area contributed by atoms with Crippen LogP contribution in [0.2, 0.25) is 0 Å². The zero-order valence-electron chi connectivity index (χ0n) is 11.9. The van der Waals surface area contributed by atoms with Gasteiger partial charge in [-0.2, -0.15) is 18.3 Å². The Labute approximate surface area is 133 Å². The molecule has 1 unspecified atom stereocenters. The number of anilines is 1. The Morgan fingerprint density at radius 2 is 2.22 bits per heavy atom. The van der Waals surface area contributed by atoms with Gasteiger partial charge >= 0.3 is 12.2 Å². The molecule has 0 saturated carbocycles. The van der Waals surface area contributed by atoms with Crippen molar-refractivity contribution in [1.82, 2.24) is 20.1 Å². The Kier molecular flexibility index (Phi) is 4.24. The molecule has 2 aromatic rings. The second-order valence-electron chi connectivity index (χ2n) is 5.19. The van der Waals surface area contributed by atoms with Crippen LogP contribution in [-0.4, -0.2) is 32.7 Å². The molecule has 2 N–H and O–H groups in total. The number of carbonyl (C=O) groups is 1. The van der Waals surface area contributed by atoms with Crippen LogP contribution in [0.25, 0.3) is 0 Å². The molecule has 1 atom stereocenters. The molecule has 124 valence electrons. The lowest BCUT2D eigenvalue weighted by molar-refractivity contribution is -0.134. The summed E-state index contributed by atoms with van der Waals surface area (Å²) in [4.78, 5) is 16.8. The van der Waals surface area contributed by atoms with Gasteiger partial charge in [-0.1, -0.05) is 11.3 Å². The van der Waals surface area contributed by atoms with Crippen LogP contribution < -0.4 is 5.32 Å². The number of urea groups is 1. The summed E-state index contributed by atoms with van der Waals surface area (Å²) in [5.41, 5.74) is 0.884. The van der Waals surface area contributed by atoms with Crippen molar-refractivity contribution in [2.45, 2.75) is 31.5 Å². The summed E-state index contributed by atoms with van der Waals surface area (Å²) < 4.78 is 37.7. The average Bonchev–Trinajstić information content (AvgIpc) is 3.18. The topological polar surface area (TPSA) is 73.9 Å². The van der Waals surface area contributed by atoms with E-state index >= 15 is 0 Å². The predicted octanol–water partition coefficient (Wildman–Crippen LogP) is 3.64. The minimum atomic E-state index is -4.45. The monoisotopic (exact) mass is 345 g/mol. The smallest absolute Gasteiger partial charge is 0.317 e. The van der Waals surface area contributed by atoms with Crippen molar-refractivity contribution in [3.05, 3.63) is 29.0 Å². The maximum Gasteiger partial charge on any atom is 0.427 e. The van der Waals surface area contributed by atoms with Gasteiger partial charge in [0.05, 0.1) is 18.4 Å². The van der Waals surface area contributed by atoms with E-state index in [4.69, 9.17) is 0 Å². The first-order valence-electron chi connectivity index (χ1n) is 7.04. The van der Waals surface area contributed by atoms with Crippen LogP contribution in [0.1, 0.15) is 35.7 Å². The van der Waals surface area contributed by atoms with Crippen LogP contribution >= 0.6 is 11.3 Å². The van der Waals surface area contributed by atoms with E-state index in [0.717, 1.165) is 31.0 Å². The Bertz CT molecular complexity index is 669. The van der Waals surface area contributed by atoms with Gasteiger partial charge in [0.2, 0.25) is 0 Å². The number of likely N-dealkylation sites (tertiary alicyclic amines) is 1. The van der Waals surface area contributed by atoms with E-state index in [9.17, 15) is 18.0 Å². The molecule has 23 heavy (non-hydrogen) atoms. The zero-order valence-corrected chi connectivity index (χ0v) is 12.7. The minimum absolute atomic E-state index is 0.0566. The molecule has 2 aromatic heterocycles. The quantitative estimate of drug-likeness (QED) is 0.873. The number of thiazole rings is 1. The van der Waals surface area contributed by atoms with E-state index in [-0.39, 0.29) is 11.2 Å². The second kappa shape index (κ2) is 6.19. The van der Waals surface area contributed by atoms with Crippen molar-refractivity contribution in [3.63, 3.8) is 0 Å². The van der Waals surface area contributed by atoms with Crippen LogP contribution in [0.3, 0.4) is 0 Å². The highest BCUT2D eigenvalue weighted by Gasteiger charge is 2.34. The summed E-state index contributed by atoms with van der Waals surface area (Å²) in [6, 6.07) is -0.580. The standard InChI is InChI=1S/C13H14F3N5OS/c14-13(15,16)10-7-17-11(23-10)20-12(22)21-4-2-1-3-9(21)8-5-18-19-6-8/h5-7,9H,1-4H2,(H,18,19)(H,17,20,22). The second-order valence-corrected chi connectivity index (χ2v) is 6.22. The fourth-order valence-electron chi connectivity index (χ4n) is 2.59. The summed E-state index contributed by atoms with van der Waals surface area (Å²) in [5, 5.41) is 9.00. The summed E-state index contributed by atoms with van der Waals surface area (Å²) in [6.07, 6.45) is 2.28. The minimum Gasteiger partial charge on any atom is -0.317 e. The molecule has 0 aliphatic carbocycles. The SMILES string of the molecule is O=C(Nc1ncc(C(F)(F)F)s1)N1CCCCC1c1cn[nH]c1. The number of hydrogen-bond acceptors (Lipinski definition) is 4. The highest BCUT2D eigenvalue weighted by atomic mass is 32.1. The molecule has 3 rings (SSSR count). The molecular weight excluding hydrogens is 331 g/mol. The van der Waals surface area contributed by atoms with Gasteiger partial charge < -0.3 is 4.90 Å². The number of aromatic nitrogens is 3. The van der Waals surface area contributed by atoms with E-state index in [1.807, 2.05) is 0 Å². The van der Waals surface area contributed by atoms with Gasteiger partial charge in [-0.3, -0.25) is 10.4 Å². The van der Waals surface area contributed by atoms with E-state index in [0.29, 0.717) is 17.9 Å². The molecule has 0 aromatic carbocycles. The van der Waals surface area contributed by atoms with Crippen LogP contribution in [-0.2, 0) is 6.18 Å². The van der Waals surface area contributed by atoms with Crippen molar-refractivity contribution < 1.29 is 18.0 Å². The molecule has 0 radical (unpaired) electrons. The van der Waals surface area contributed by atoms with E-state index in [1.54, 1.807) is 17.3 Å². The molecule has 6 nitrogen and oxygen atoms in total. The van der Waals surface area contributed by atoms with Gasteiger partial charge in [-0.05, 0) is 19.3 Å². The predicted molar refractivity (Wildman–Crippen MR) is 78.0 cm³/mol. The van der Waals surface area contributed by atoms with Crippen LogP contribution in [0.15, 0.2) is 18.6 Å². The summed E-state index contributed by atoms with van der Waals surface area (Å²) >= 11 is 0.418. The molecule has 10 heteroatoms. The highest BCUT2D eigenvalue weighted by Crippen LogP contribution is 2.36. The maximum atomic E-state index is 12.6. The van der Waals surface area contributed by atoms with Crippen molar-refractivity contribution in [3.8, 4) is 0 Å². The van der Waals surface area contributed by atoms with Crippen molar-refractivity contribution in [2.75, 3.05) is 11.9 Å². The van der Waals surface area contributed by atoms with Crippen LogP contribution in [0, 0.1) is 0 Å². The van der Waals surface area contributed by atoms with Crippen LogP contribution in [0.4, 0.5) is 23.1 Å². The number of amides is 2. The largest absolute Gasteiger partial charge is 0.427 e. The van der Waals surface area contributed by atoms with E-state index < -0.39 is 17.1 Å². The normalized spacial score (nSPS) is 18.9. The Hall–Kier alpha value is -2.10. The van der Waals surface area contributed by atoms with Gasteiger partial charge in [-0.25, -0.2) is 9.78 Å². The number of piperidine rings is 1. The summed E-state index contributed by atoms with van der Waals surface area (Å²) in [7, 11) is 0. The molecule has 1 aliphatic heterocycles. The number of halogens is 3. The van der Waals surface area contributed by atoms with Gasteiger partial charge in [0.1, 0.15) is 4.88 Å². The van der Waals surface area contributed by atoms with Crippen molar-refractivity contribution >= 4 is 22.5 Å². The number of rotatable bonds is 2. The number of alkyl halides is 3. The Balaban J connectivity index is 1.72. The number of aromatic amines is 1. The van der Waals surface area contributed by atoms with E-state index in [2.05, 4.69) is 20.5 Å². The third kappa shape index (κ3) is 3.46. The van der Waals surface area contributed by atoms with Crippen molar-refractivity contribution in [1.29, 1.82) is 0 Å². The summed E-state index contributed by atoms with van der Waals surface area (Å²) in [5.74, 6) is 0. The molecule has 2 amide bonds. The Morgan fingerprint density at radius 1 is 1.39 bits per heavy atom. The highest BCUT2D eigenvalue weighted by molar-refractivity contribution is 7.15. The number of hydrogen-bond donors (Lipinski definition) is 2. The number of nitrogens with zero attached hydrogens (tertiary/aromatic N) is 3. The first kappa shape index (κ1) is 15.8. The fourth-order valence-corrected chi connectivity index (χ4v) is 3.26. The lowest BCUT2D eigenvalue weighted by atomic mass is 9.98. The first-order valence-corrected chi connectivity index (χ1v) is 7.86. The third-order valence-corrected chi connectivity index (χ3v) is 4.62. The molecule has 1 aliphatic rings. The molecule has 0 spiro atoms. The Morgan fingerprint density at radius 3 is 2.87 bits per heavy atom. The van der Waals surface area contributed by atoms with Gasteiger partial charge in [0, 0.05) is 18.3 Å². The lowest BCUT2D eigenvalue weighted by Crippen LogP contribution is -2.41.